The third kappa shape index (κ3) is 4.39. The first-order chi connectivity index (χ1) is 10.1. The molecular weight excluding hydrogens is 329 g/mol. The molecule has 0 aliphatic rings. The van der Waals surface area contributed by atoms with Gasteiger partial charge in [0.1, 0.15) is 5.82 Å². The first kappa shape index (κ1) is 16.2. The fourth-order valence-electron chi connectivity index (χ4n) is 2.56. The van der Waals surface area contributed by atoms with Crippen LogP contribution in [0.5, 0.6) is 0 Å². The van der Waals surface area contributed by atoms with E-state index in [1.807, 2.05) is 37.3 Å². The lowest BCUT2D eigenvalue weighted by molar-refractivity contribution is 0.428. The summed E-state index contributed by atoms with van der Waals surface area (Å²) in [4.78, 5) is 0. The Morgan fingerprint density at radius 2 is 1.86 bits per heavy atom. The fourth-order valence-corrected chi connectivity index (χ4v) is 2.90. The Morgan fingerprint density at radius 3 is 2.48 bits per heavy atom. The van der Waals surface area contributed by atoms with E-state index < -0.39 is 0 Å². The molecule has 2 aromatic carbocycles. The van der Waals surface area contributed by atoms with Crippen molar-refractivity contribution in [2.75, 3.05) is 0 Å². The SMILES string of the molecule is CCCC(NC(C)c1ccc(Br)cc1F)c1ccccc1. The summed E-state index contributed by atoms with van der Waals surface area (Å²) in [5.41, 5.74) is 1.96. The molecule has 0 bridgehead atoms. The van der Waals surface area contributed by atoms with Crippen LogP contribution in [0.25, 0.3) is 0 Å². The summed E-state index contributed by atoms with van der Waals surface area (Å²) in [7, 11) is 0. The molecule has 0 saturated heterocycles. The van der Waals surface area contributed by atoms with E-state index in [2.05, 4.69) is 40.3 Å². The fraction of sp³-hybridized carbons (Fsp3) is 0.333. The van der Waals surface area contributed by atoms with E-state index in [0.29, 0.717) is 5.56 Å². The Morgan fingerprint density at radius 1 is 1.14 bits per heavy atom. The van der Waals surface area contributed by atoms with E-state index in [-0.39, 0.29) is 17.9 Å². The van der Waals surface area contributed by atoms with Crippen molar-refractivity contribution in [3.05, 3.63) is 69.9 Å². The molecule has 2 rings (SSSR count). The van der Waals surface area contributed by atoms with Crippen molar-refractivity contribution in [3.8, 4) is 0 Å². The molecule has 2 atom stereocenters. The molecule has 21 heavy (non-hydrogen) atoms. The molecule has 0 fully saturated rings. The van der Waals surface area contributed by atoms with Gasteiger partial charge in [-0.2, -0.15) is 0 Å². The molecule has 0 aliphatic carbocycles. The van der Waals surface area contributed by atoms with Gasteiger partial charge < -0.3 is 5.32 Å². The summed E-state index contributed by atoms with van der Waals surface area (Å²) in [6.45, 7) is 4.18. The standard InChI is InChI=1S/C18H21BrFN/c1-3-7-18(14-8-5-4-6-9-14)21-13(2)16-11-10-15(19)12-17(16)20/h4-6,8-13,18,21H,3,7H2,1-2H3. The van der Waals surface area contributed by atoms with E-state index in [0.717, 1.165) is 17.3 Å². The second kappa shape index (κ2) is 7.71. The van der Waals surface area contributed by atoms with Crippen molar-refractivity contribution < 1.29 is 4.39 Å². The average molecular weight is 350 g/mol. The van der Waals surface area contributed by atoms with Crippen LogP contribution in [-0.2, 0) is 0 Å². The number of hydrogen-bond donors (Lipinski definition) is 1. The Bertz CT molecular complexity index is 571. The summed E-state index contributed by atoms with van der Waals surface area (Å²) < 4.78 is 14.8. The third-order valence-corrected chi connectivity index (χ3v) is 4.15. The highest BCUT2D eigenvalue weighted by molar-refractivity contribution is 9.10. The van der Waals surface area contributed by atoms with Crippen molar-refractivity contribution in [1.82, 2.24) is 5.32 Å². The zero-order valence-corrected chi connectivity index (χ0v) is 14.0. The number of benzene rings is 2. The van der Waals surface area contributed by atoms with Gasteiger partial charge in [-0.25, -0.2) is 4.39 Å². The van der Waals surface area contributed by atoms with Crippen LogP contribution in [0.1, 0.15) is 49.9 Å². The van der Waals surface area contributed by atoms with Crippen LogP contribution in [0.4, 0.5) is 4.39 Å². The summed E-state index contributed by atoms with van der Waals surface area (Å²) >= 11 is 3.30. The minimum absolute atomic E-state index is 0.0325. The van der Waals surface area contributed by atoms with E-state index in [4.69, 9.17) is 0 Å². The second-order valence-electron chi connectivity index (χ2n) is 5.31. The van der Waals surface area contributed by atoms with Crippen molar-refractivity contribution in [1.29, 1.82) is 0 Å². The Balaban J connectivity index is 2.16. The van der Waals surface area contributed by atoms with E-state index >= 15 is 0 Å². The first-order valence-electron chi connectivity index (χ1n) is 7.37. The maximum Gasteiger partial charge on any atom is 0.129 e. The van der Waals surface area contributed by atoms with Gasteiger partial charge in [0.05, 0.1) is 0 Å². The predicted octanol–water partition coefficient (Wildman–Crippen LogP) is 5.78. The van der Waals surface area contributed by atoms with Crippen LogP contribution in [0.3, 0.4) is 0 Å². The van der Waals surface area contributed by atoms with Crippen molar-refractivity contribution in [2.45, 2.75) is 38.8 Å². The van der Waals surface area contributed by atoms with Gasteiger partial charge in [-0.3, -0.25) is 0 Å². The molecule has 1 N–H and O–H groups in total. The van der Waals surface area contributed by atoms with Crippen LogP contribution in [0.15, 0.2) is 53.0 Å². The number of nitrogens with one attached hydrogen (secondary N) is 1. The van der Waals surface area contributed by atoms with E-state index in [1.54, 1.807) is 0 Å². The van der Waals surface area contributed by atoms with Crippen molar-refractivity contribution in [2.24, 2.45) is 0 Å². The van der Waals surface area contributed by atoms with Crippen molar-refractivity contribution in [3.63, 3.8) is 0 Å². The molecule has 2 unspecified atom stereocenters. The zero-order valence-electron chi connectivity index (χ0n) is 12.4. The largest absolute Gasteiger partial charge is 0.303 e. The molecule has 1 nitrogen and oxygen atoms in total. The lowest BCUT2D eigenvalue weighted by Crippen LogP contribution is -2.25. The van der Waals surface area contributed by atoms with Crippen LogP contribution >= 0.6 is 15.9 Å². The number of hydrogen-bond acceptors (Lipinski definition) is 1. The van der Waals surface area contributed by atoms with Crippen LogP contribution in [-0.4, -0.2) is 0 Å². The molecule has 0 aromatic heterocycles. The van der Waals surface area contributed by atoms with Gasteiger partial charge in [0.15, 0.2) is 0 Å². The predicted molar refractivity (Wildman–Crippen MR) is 89.7 cm³/mol. The highest BCUT2D eigenvalue weighted by Crippen LogP contribution is 2.26. The number of halogens is 2. The smallest absolute Gasteiger partial charge is 0.129 e. The van der Waals surface area contributed by atoms with Gasteiger partial charge >= 0.3 is 0 Å². The van der Waals surface area contributed by atoms with Gasteiger partial charge in [0.25, 0.3) is 0 Å². The Hall–Kier alpha value is -1.19. The van der Waals surface area contributed by atoms with E-state index in [9.17, 15) is 4.39 Å². The van der Waals surface area contributed by atoms with E-state index in [1.165, 1.54) is 11.6 Å². The Labute approximate surface area is 134 Å². The Kier molecular flexibility index (Phi) is 5.95. The van der Waals surface area contributed by atoms with Gasteiger partial charge in [-0.15, -0.1) is 0 Å². The summed E-state index contributed by atoms with van der Waals surface area (Å²) in [5.74, 6) is -0.173. The minimum atomic E-state index is -0.173. The average Bonchev–Trinajstić information content (AvgIpc) is 2.47. The molecule has 0 spiro atoms. The first-order valence-corrected chi connectivity index (χ1v) is 8.17. The monoisotopic (exact) mass is 349 g/mol. The molecule has 0 radical (unpaired) electrons. The van der Waals surface area contributed by atoms with Crippen molar-refractivity contribution >= 4 is 15.9 Å². The maximum atomic E-state index is 14.1. The molecular formula is C18H21BrFN. The molecule has 0 saturated carbocycles. The highest BCUT2D eigenvalue weighted by Gasteiger charge is 2.17. The van der Waals surface area contributed by atoms with Crippen LogP contribution in [0, 0.1) is 5.82 Å². The second-order valence-corrected chi connectivity index (χ2v) is 6.22. The topological polar surface area (TPSA) is 12.0 Å². The van der Waals surface area contributed by atoms with Gasteiger partial charge in [-0.1, -0.05) is 65.7 Å². The zero-order chi connectivity index (χ0) is 15.2. The van der Waals surface area contributed by atoms with Crippen LogP contribution in [0.2, 0.25) is 0 Å². The molecule has 0 amide bonds. The quantitative estimate of drug-likeness (QED) is 0.696. The summed E-state index contributed by atoms with van der Waals surface area (Å²) in [5, 5.41) is 3.56. The molecule has 0 aliphatic heterocycles. The molecule has 0 heterocycles. The molecule has 2 aromatic rings. The highest BCUT2D eigenvalue weighted by atomic mass is 79.9. The lowest BCUT2D eigenvalue weighted by atomic mass is 9.99. The third-order valence-electron chi connectivity index (χ3n) is 3.66. The molecule has 112 valence electrons. The summed E-state index contributed by atoms with van der Waals surface area (Å²) in [6.07, 6.45) is 2.12. The van der Waals surface area contributed by atoms with Gasteiger partial charge in [-0.05, 0) is 31.0 Å². The normalized spacial score (nSPS) is 13.9. The minimum Gasteiger partial charge on any atom is -0.303 e. The maximum absolute atomic E-state index is 14.1. The molecule has 3 heteroatoms. The number of rotatable bonds is 6. The summed E-state index contributed by atoms with van der Waals surface area (Å²) in [6, 6.07) is 15.8. The van der Waals surface area contributed by atoms with Crippen LogP contribution < -0.4 is 5.32 Å². The van der Waals surface area contributed by atoms with Gasteiger partial charge in [0.2, 0.25) is 0 Å². The lowest BCUT2D eigenvalue weighted by Gasteiger charge is -2.24. The van der Waals surface area contributed by atoms with Gasteiger partial charge in [0, 0.05) is 22.1 Å².